The van der Waals surface area contributed by atoms with Crippen molar-refractivity contribution in [2.24, 2.45) is 0 Å². The van der Waals surface area contributed by atoms with Gasteiger partial charge < -0.3 is 15.8 Å². The van der Waals surface area contributed by atoms with Crippen molar-refractivity contribution in [3.05, 3.63) is 34.0 Å². The molecule has 0 fully saturated rings. The summed E-state index contributed by atoms with van der Waals surface area (Å²) in [6, 6.07) is 2.83. The number of aryl methyl sites for hydroxylation is 1. The summed E-state index contributed by atoms with van der Waals surface area (Å²) in [4.78, 5) is 4.37. The number of halogens is 1. The molecule has 2 rings (SSSR count). The zero-order valence-electron chi connectivity index (χ0n) is 10.9. The minimum Gasteiger partial charge on any atom is -0.494 e. The number of rotatable bonds is 5. The molecular weight excluding hydrogens is 265 g/mol. The van der Waals surface area contributed by atoms with E-state index >= 15 is 0 Å². The van der Waals surface area contributed by atoms with Crippen molar-refractivity contribution in [3.63, 3.8) is 0 Å². The van der Waals surface area contributed by atoms with Gasteiger partial charge in [-0.05, 0) is 6.92 Å². The molecule has 3 N–H and O–H groups in total. The van der Waals surface area contributed by atoms with E-state index in [4.69, 9.17) is 10.5 Å². The highest BCUT2D eigenvalue weighted by Crippen LogP contribution is 2.27. The number of nitrogens with one attached hydrogen (secondary N) is 1. The lowest BCUT2D eigenvalue weighted by molar-refractivity contribution is 0.387. The van der Waals surface area contributed by atoms with Crippen LogP contribution >= 0.6 is 11.3 Å². The van der Waals surface area contributed by atoms with E-state index in [1.54, 1.807) is 17.4 Å². The molecule has 6 heteroatoms. The van der Waals surface area contributed by atoms with Gasteiger partial charge >= 0.3 is 0 Å². The van der Waals surface area contributed by atoms with E-state index < -0.39 is 5.82 Å². The maximum absolute atomic E-state index is 13.4. The highest BCUT2D eigenvalue weighted by molar-refractivity contribution is 7.09. The molecule has 19 heavy (non-hydrogen) atoms. The van der Waals surface area contributed by atoms with Crippen molar-refractivity contribution < 1.29 is 9.13 Å². The molecule has 0 saturated heterocycles. The van der Waals surface area contributed by atoms with Crippen molar-refractivity contribution in [1.29, 1.82) is 0 Å². The summed E-state index contributed by atoms with van der Waals surface area (Å²) in [5.41, 5.74) is 7.83. The standard InChI is InChI=1S/C13H16FN3OS/c1-8-7-19-13(17-8)3-4-16-11-6-12(18-2)9(14)5-10(11)15/h5-7,16H,3-4,15H2,1-2H3. The van der Waals surface area contributed by atoms with Crippen molar-refractivity contribution in [2.75, 3.05) is 24.7 Å². The van der Waals surface area contributed by atoms with Crippen LogP contribution in [0.5, 0.6) is 5.75 Å². The fourth-order valence-electron chi connectivity index (χ4n) is 1.70. The smallest absolute Gasteiger partial charge is 0.167 e. The second-order valence-electron chi connectivity index (χ2n) is 4.13. The van der Waals surface area contributed by atoms with Gasteiger partial charge in [-0.25, -0.2) is 9.37 Å². The monoisotopic (exact) mass is 281 g/mol. The molecule has 0 atom stereocenters. The highest BCUT2D eigenvalue weighted by atomic mass is 32.1. The van der Waals surface area contributed by atoms with Gasteiger partial charge in [0.2, 0.25) is 0 Å². The number of methoxy groups -OCH3 is 1. The van der Waals surface area contributed by atoms with E-state index in [-0.39, 0.29) is 5.75 Å². The molecule has 0 aliphatic rings. The van der Waals surface area contributed by atoms with Gasteiger partial charge in [-0.3, -0.25) is 0 Å². The number of nitrogens with zero attached hydrogens (tertiary/aromatic N) is 1. The van der Waals surface area contributed by atoms with Crippen LogP contribution in [0.3, 0.4) is 0 Å². The second-order valence-corrected chi connectivity index (χ2v) is 5.08. The Bertz CT molecular complexity index is 571. The summed E-state index contributed by atoms with van der Waals surface area (Å²) in [6.45, 7) is 2.65. The molecule has 0 unspecified atom stereocenters. The Labute approximate surface area is 115 Å². The number of nitrogens with two attached hydrogens (primary N) is 1. The van der Waals surface area contributed by atoms with Crippen LogP contribution in [0.2, 0.25) is 0 Å². The summed E-state index contributed by atoms with van der Waals surface area (Å²) < 4.78 is 18.3. The van der Waals surface area contributed by atoms with Crippen LogP contribution in [0.1, 0.15) is 10.7 Å². The van der Waals surface area contributed by atoms with Crippen LogP contribution in [0, 0.1) is 12.7 Å². The van der Waals surface area contributed by atoms with E-state index in [1.165, 1.54) is 13.2 Å². The van der Waals surface area contributed by atoms with Crippen molar-refractivity contribution >= 4 is 22.7 Å². The summed E-state index contributed by atoms with van der Waals surface area (Å²) >= 11 is 1.63. The average molecular weight is 281 g/mol. The van der Waals surface area contributed by atoms with Crippen LogP contribution in [0.25, 0.3) is 0 Å². The number of benzene rings is 1. The van der Waals surface area contributed by atoms with Crippen LogP contribution < -0.4 is 15.8 Å². The Morgan fingerprint density at radius 2 is 2.26 bits per heavy atom. The first-order chi connectivity index (χ1) is 9.10. The van der Waals surface area contributed by atoms with E-state index in [0.717, 1.165) is 17.1 Å². The zero-order chi connectivity index (χ0) is 13.8. The maximum Gasteiger partial charge on any atom is 0.167 e. The lowest BCUT2D eigenvalue weighted by Gasteiger charge is -2.11. The zero-order valence-corrected chi connectivity index (χ0v) is 11.7. The molecule has 4 nitrogen and oxygen atoms in total. The minimum absolute atomic E-state index is 0.182. The summed E-state index contributed by atoms with van der Waals surface area (Å²) in [7, 11) is 1.43. The van der Waals surface area contributed by atoms with Crippen LogP contribution in [-0.2, 0) is 6.42 Å². The van der Waals surface area contributed by atoms with Gasteiger partial charge in [0.05, 0.1) is 23.5 Å². The Morgan fingerprint density at radius 1 is 1.47 bits per heavy atom. The van der Waals surface area contributed by atoms with Crippen molar-refractivity contribution in [2.45, 2.75) is 13.3 Å². The number of nitrogen functional groups attached to an aromatic ring is 1. The fraction of sp³-hybridized carbons (Fsp3) is 0.308. The molecule has 0 radical (unpaired) electrons. The molecule has 102 valence electrons. The summed E-state index contributed by atoms with van der Waals surface area (Å²) in [5, 5.41) is 6.25. The number of hydrogen-bond acceptors (Lipinski definition) is 5. The lowest BCUT2D eigenvalue weighted by Crippen LogP contribution is -2.07. The van der Waals surface area contributed by atoms with Crippen LogP contribution in [0.15, 0.2) is 17.5 Å². The van der Waals surface area contributed by atoms with E-state index in [9.17, 15) is 4.39 Å². The maximum atomic E-state index is 13.4. The topological polar surface area (TPSA) is 60.2 Å². The normalized spacial score (nSPS) is 10.5. The third kappa shape index (κ3) is 3.35. The number of aromatic nitrogens is 1. The van der Waals surface area contributed by atoms with Gasteiger partial charge in [-0.2, -0.15) is 0 Å². The molecule has 0 aliphatic heterocycles. The van der Waals surface area contributed by atoms with Gasteiger partial charge in [-0.1, -0.05) is 0 Å². The predicted molar refractivity (Wildman–Crippen MR) is 76.4 cm³/mol. The van der Waals surface area contributed by atoms with E-state index in [0.29, 0.717) is 17.9 Å². The Balaban J connectivity index is 1.99. The fourth-order valence-corrected chi connectivity index (χ4v) is 2.48. The molecule has 2 aromatic rings. The van der Waals surface area contributed by atoms with Gasteiger partial charge in [0.15, 0.2) is 11.6 Å². The molecular formula is C13H16FN3OS. The molecule has 0 bridgehead atoms. The second kappa shape index (κ2) is 5.88. The molecule has 0 spiro atoms. The number of ether oxygens (including phenoxy) is 1. The molecule has 0 aliphatic carbocycles. The SMILES string of the molecule is COc1cc(NCCc2nc(C)cs2)c(N)cc1F. The van der Waals surface area contributed by atoms with Crippen molar-refractivity contribution in [1.82, 2.24) is 4.98 Å². The van der Waals surface area contributed by atoms with Gasteiger partial charge in [0.1, 0.15) is 0 Å². The number of anilines is 2. The first-order valence-electron chi connectivity index (χ1n) is 5.88. The Kier molecular flexibility index (Phi) is 4.21. The lowest BCUT2D eigenvalue weighted by atomic mass is 10.2. The molecule has 1 aromatic heterocycles. The van der Waals surface area contributed by atoms with Gasteiger partial charge in [0, 0.05) is 36.2 Å². The highest BCUT2D eigenvalue weighted by Gasteiger charge is 2.08. The Morgan fingerprint density at radius 3 is 2.89 bits per heavy atom. The minimum atomic E-state index is -0.457. The Hall–Kier alpha value is -1.82. The van der Waals surface area contributed by atoms with Crippen LogP contribution in [-0.4, -0.2) is 18.6 Å². The average Bonchev–Trinajstić information content (AvgIpc) is 2.78. The quantitative estimate of drug-likeness (QED) is 0.827. The predicted octanol–water partition coefficient (Wildman–Crippen LogP) is 2.84. The largest absolute Gasteiger partial charge is 0.494 e. The van der Waals surface area contributed by atoms with E-state index in [1.807, 2.05) is 12.3 Å². The van der Waals surface area contributed by atoms with E-state index in [2.05, 4.69) is 10.3 Å². The molecule has 0 saturated carbocycles. The summed E-state index contributed by atoms with van der Waals surface area (Å²) in [6.07, 6.45) is 0.803. The molecule has 1 heterocycles. The third-order valence-corrected chi connectivity index (χ3v) is 3.67. The number of hydrogen-bond donors (Lipinski definition) is 2. The molecule has 0 amide bonds. The van der Waals surface area contributed by atoms with Crippen LogP contribution in [0.4, 0.5) is 15.8 Å². The summed E-state index contributed by atoms with van der Waals surface area (Å²) in [5.74, 6) is -0.275. The number of thiazole rings is 1. The first-order valence-corrected chi connectivity index (χ1v) is 6.76. The first kappa shape index (κ1) is 13.6. The van der Waals surface area contributed by atoms with Gasteiger partial charge in [0.25, 0.3) is 0 Å². The third-order valence-electron chi connectivity index (χ3n) is 2.64. The van der Waals surface area contributed by atoms with Crippen molar-refractivity contribution in [3.8, 4) is 5.75 Å². The van der Waals surface area contributed by atoms with Gasteiger partial charge in [-0.15, -0.1) is 11.3 Å². The molecule has 1 aromatic carbocycles.